The Balaban J connectivity index is 1.43. The average Bonchev–Trinajstić information content (AvgIpc) is 2.70. The second-order valence-electron chi connectivity index (χ2n) is 8.45. The van der Waals surface area contributed by atoms with Gasteiger partial charge in [0.05, 0.1) is 11.9 Å². The molecular weight excluding hydrogens is 400 g/mol. The molecule has 0 spiro atoms. The van der Waals surface area contributed by atoms with Gasteiger partial charge in [-0.25, -0.2) is 13.1 Å². The molecule has 1 saturated carbocycles. The summed E-state index contributed by atoms with van der Waals surface area (Å²) in [5, 5.41) is 6.47. The highest BCUT2D eigenvalue weighted by Gasteiger charge is 2.27. The third-order valence-corrected chi connectivity index (χ3v) is 7.43. The summed E-state index contributed by atoms with van der Waals surface area (Å²) in [5.41, 5.74) is 2.45. The van der Waals surface area contributed by atoms with Gasteiger partial charge in [0.2, 0.25) is 10.0 Å². The number of ether oxygens (including phenoxy) is 1. The van der Waals surface area contributed by atoms with Gasteiger partial charge in [-0.2, -0.15) is 0 Å². The van der Waals surface area contributed by atoms with E-state index >= 15 is 0 Å². The van der Waals surface area contributed by atoms with Crippen LogP contribution >= 0.6 is 0 Å². The highest BCUT2D eigenvalue weighted by Crippen LogP contribution is 2.33. The highest BCUT2D eigenvalue weighted by molar-refractivity contribution is 7.89. The van der Waals surface area contributed by atoms with Gasteiger partial charge >= 0.3 is 0 Å². The fraction of sp³-hybridized carbons (Fsp3) is 0.682. The number of hydrogen-bond donors (Lipinski definition) is 3. The first-order valence-corrected chi connectivity index (χ1v) is 12.7. The standard InChI is InChI=1S/C22H36N4O3S/c1-17-8-10-19(11-9-17)21-20(7-4-13-29-21)16-25-22(23-2)24-12-14-30(27,28)26-15-18-5-3-6-18/h8-11,18,20-21,26H,3-7,12-16H2,1-2H3,(H2,23,24,25). The van der Waals surface area contributed by atoms with E-state index in [1.807, 2.05) is 0 Å². The molecule has 0 bridgehead atoms. The van der Waals surface area contributed by atoms with Crippen LogP contribution < -0.4 is 15.4 Å². The second-order valence-corrected chi connectivity index (χ2v) is 10.4. The minimum atomic E-state index is -3.26. The number of nitrogens with zero attached hydrogens (tertiary/aromatic N) is 1. The summed E-state index contributed by atoms with van der Waals surface area (Å²) in [6.45, 7) is 4.49. The van der Waals surface area contributed by atoms with Gasteiger partial charge < -0.3 is 15.4 Å². The molecule has 1 aliphatic heterocycles. The summed E-state index contributed by atoms with van der Waals surface area (Å²) in [4.78, 5) is 4.24. The van der Waals surface area contributed by atoms with Crippen LogP contribution in [0.5, 0.6) is 0 Å². The fourth-order valence-corrected chi connectivity index (χ4v) is 4.95. The van der Waals surface area contributed by atoms with Gasteiger partial charge in [-0.3, -0.25) is 4.99 Å². The zero-order valence-electron chi connectivity index (χ0n) is 18.2. The van der Waals surface area contributed by atoms with Crippen LogP contribution in [-0.2, 0) is 14.8 Å². The lowest BCUT2D eigenvalue weighted by Crippen LogP contribution is -2.44. The maximum atomic E-state index is 12.1. The van der Waals surface area contributed by atoms with E-state index in [4.69, 9.17) is 4.74 Å². The van der Waals surface area contributed by atoms with Crippen molar-refractivity contribution in [2.24, 2.45) is 16.8 Å². The molecule has 2 atom stereocenters. The van der Waals surface area contributed by atoms with Crippen molar-refractivity contribution in [2.75, 3.05) is 39.0 Å². The first-order chi connectivity index (χ1) is 14.5. The summed E-state index contributed by atoms with van der Waals surface area (Å²) < 4.78 is 33.1. The zero-order valence-corrected chi connectivity index (χ0v) is 19.0. The van der Waals surface area contributed by atoms with Gasteiger partial charge in [0.1, 0.15) is 0 Å². The maximum absolute atomic E-state index is 12.1. The molecule has 3 N–H and O–H groups in total. The van der Waals surface area contributed by atoms with E-state index in [2.05, 4.69) is 51.5 Å². The Kier molecular flexibility index (Phi) is 8.53. The van der Waals surface area contributed by atoms with E-state index in [9.17, 15) is 8.42 Å². The largest absolute Gasteiger partial charge is 0.373 e. The molecule has 168 valence electrons. The van der Waals surface area contributed by atoms with Gasteiger partial charge in [-0.15, -0.1) is 0 Å². The first kappa shape index (κ1) is 23.0. The number of guanidine groups is 1. The molecule has 7 nitrogen and oxygen atoms in total. The Hall–Kier alpha value is -1.64. The van der Waals surface area contributed by atoms with Gasteiger partial charge in [-0.1, -0.05) is 36.2 Å². The lowest BCUT2D eigenvalue weighted by Gasteiger charge is -2.32. The second kappa shape index (κ2) is 11.1. The van der Waals surface area contributed by atoms with Crippen LogP contribution in [0.3, 0.4) is 0 Å². The van der Waals surface area contributed by atoms with Crippen LogP contribution in [0.1, 0.15) is 49.3 Å². The number of benzene rings is 1. The topological polar surface area (TPSA) is 91.8 Å². The van der Waals surface area contributed by atoms with Gasteiger partial charge in [0, 0.05) is 39.2 Å². The lowest BCUT2D eigenvalue weighted by molar-refractivity contribution is -0.0265. The fourth-order valence-electron chi connectivity index (χ4n) is 3.94. The summed E-state index contributed by atoms with van der Waals surface area (Å²) in [7, 11) is -1.55. The van der Waals surface area contributed by atoms with E-state index < -0.39 is 10.0 Å². The van der Waals surface area contributed by atoms with Crippen LogP contribution in [0.2, 0.25) is 0 Å². The lowest BCUT2D eigenvalue weighted by atomic mass is 9.86. The molecule has 2 unspecified atom stereocenters. The number of nitrogens with one attached hydrogen (secondary N) is 3. The van der Waals surface area contributed by atoms with Gasteiger partial charge in [0.15, 0.2) is 5.96 Å². The summed E-state index contributed by atoms with van der Waals surface area (Å²) >= 11 is 0. The molecule has 1 aromatic rings. The first-order valence-electron chi connectivity index (χ1n) is 11.1. The van der Waals surface area contributed by atoms with Crippen molar-refractivity contribution in [3.05, 3.63) is 35.4 Å². The average molecular weight is 437 g/mol. The van der Waals surface area contributed by atoms with Gasteiger partial charge in [-0.05, 0) is 44.1 Å². The summed E-state index contributed by atoms with van der Waals surface area (Å²) in [6, 6.07) is 8.54. The maximum Gasteiger partial charge on any atom is 0.213 e. The Morgan fingerprint density at radius 1 is 1.10 bits per heavy atom. The van der Waals surface area contributed by atoms with Crippen molar-refractivity contribution in [3.8, 4) is 0 Å². The number of aryl methyl sites for hydroxylation is 1. The third kappa shape index (κ3) is 6.96. The van der Waals surface area contributed by atoms with E-state index in [1.165, 1.54) is 17.5 Å². The number of rotatable bonds is 9. The molecule has 8 heteroatoms. The smallest absolute Gasteiger partial charge is 0.213 e. The Bertz CT molecular complexity index is 791. The normalized spacial score (nSPS) is 23.1. The summed E-state index contributed by atoms with van der Waals surface area (Å²) in [5.74, 6) is 1.52. The Morgan fingerprint density at radius 2 is 1.87 bits per heavy atom. The van der Waals surface area contributed by atoms with Crippen LogP contribution in [0.4, 0.5) is 0 Å². The van der Waals surface area contributed by atoms with Crippen molar-refractivity contribution in [3.63, 3.8) is 0 Å². The van der Waals surface area contributed by atoms with Crippen LogP contribution in [0.25, 0.3) is 0 Å². The van der Waals surface area contributed by atoms with Crippen molar-refractivity contribution in [1.82, 2.24) is 15.4 Å². The number of hydrogen-bond acceptors (Lipinski definition) is 4. The zero-order chi connectivity index (χ0) is 21.4. The predicted molar refractivity (Wildman–Crippen MR) is 121 cm³/mol. The van der Waals surface area contributed by atoms with E-state index in [-0.39, 0.29) is 11.9 Å². The monoisotopic (exact) mass is 436 g/mol. The molecule has 3 rings (SSSR count). The van der Waals surface area contributed by atoms with Crippen LogP contribution in [0.15, 0.2) is 29.3 Å². The quantitative estimate of drug-likeness (QED) is 0.408. The Labute approximate surface area is 181 Å². The Morgan fingerprint density at radius 3 is 2.53 bits per heavy atom. The molecule has 1 aliphatic carbocycles. The molecule has 2 fully saturated rings. The van der Waals surface area contributed by atoms with Crippen LogP contribution in [0, 0.1) is 18.8 Å². The van der Waals surface area contributed by atoms with E-state index in [0.29, 0.717) is 30.9 Å². The van der Waals surface area contributed by atoms with Crippen molar-refractivity contribution in [1.29, 1.82) is 0 Å². The number of aliphatic imine (C=N–C) groups is 1. The molecule has 0 aromatic heterocycles. The summed E-state index contributed by atoms with van der Waals surface area (Å²) in [6.07, 6.45) is 5.68. The highest BCUT2D eigenvalue weighted by atomic mass is 32.2. The molecule has 30 heavy (non-hydrogen) atoms. The minimum Gasteiger partial charge on any atom is -0.373 e. The third-order valence-electron chi connectivity index (χ3n) is 6.09. The molecule has 0 amide bonds. The van der Waals surface area contributed by atoms with Crippen molar-refractivity contribution >= 4 is 16.0 Å². The van der Waals surface area contributed by atoms with Crippen molar-refractivity contribution < 1.29 is 13.2 Å². The number of sulfonamides is 1. The molecule has 0 radical (unpaired) electrons. The molecule has 2 aliphatic rings. The predicted octanol–water partition coefficient (Wildman–Crippen LogP) is 2.35. The van der Waals surface area contributed by atoms with Crippen LogP contribution in [-0.4, -0.2) is 53.4 Å². The molecule has 1 saturated heterocycles. The molecule has 1 aromatic carbocycles. The molecule has 1 heterocycles. The van der Waals surface area contributed by atoms with E-state index in [0.717, 1.165) is 38.8 Å². The van der Waals surface area contributed by atoms with Crippen molar-refractivity contribution in [2.45, 2.75) is 45.1 Å². The SMILES string of the molecule is CN=C(NCCS(=O)(=O)NCC1CCC1)NCC1CCCOC1c1ccc(C)cc1. The van der Waals surface area contributed by atoms with Gasteiger partial charge in [0.25, 0.3) is 0 Å². The van der Waals surface area contributed by atoms with E-state index in [1.54, 1.807) is 7.05 Å². The molecular formula is C22H36N4O3S. The minimum absolute atomic E-state index is 0.0406.